The number of amides is 5. The van der Waals surface area contributed by atoms with Gasteiger partial charge in [-0.3, -0.25) is 19.3 Å². The molecule has 2 aliphatic rings. The van der Waals surface area contributed by atoms with Crippen molar-refractivity contribution in [3.8, 4) is 0 Å². The molecule has 1 aliphatic carbocycles. The van der Waals surface area contributed by atoms with E-state index in [4.69, 9.17) is 17.3 Å². The van der Waals surface area contributed by atoms with E-state index in [-0.39, 0.29) is 23.0 Å². The predicted molar refractivity (Wildman–Crippen MR) is 99.3 cm³/mol. The van der Waals surface area contributed by atoms with Crippen LogP contribution in [-0.4, -0.2) is 52.7 Å². The lowest BCUT2D eigenvalue weighted by Crippen LogP contribution is -2.49. The first-order chi connectivity index (χ1) is 12.8. The van der Waals surface area contributed by atoms with Crippen molar-refractivity contribution in [3.05, 3.63) is 28.8 Å². The molecule has 2 fully saturated rings. The molecule has 3 rings (SSSR count). The minimum atomic E-state index is -0.817. The van der Waals surface area contributed by atoms with Crippen LogP contribution in [0.3, 0.4) is 0 Å². The summed E-state index contributed by atoms with van der Waals surface area (Å²) < 4.78 is 0. The molecule has 144 valence electrons. The number of hydrogen-bond donors (Lipinski definition) is 2. The molecule has 0 unspecified atom stereocenters. The lowest BCUT2D eigenvalue weighted by Gasteiger charge is -2.35. The fraction of sp³-hybridized carbons (Fsp3) is 0.444. The molecule has 3 N–H and O–H groups in total. The summed E-state index contributed by atoms with van der Waals surface area (Å²) in [7, 11) is 1.62. The van der Waals surface area contributed by atoms with Crippen molar-refractivity contribution in [3.63, 3.8) is 0 Å². The van der Waals surface area contributed by atoms with Crippen LogP contribution < -0.4 is 11.1 Å². The van der Waals surface area contributed by atoms with Crippen LogP contribution in [0.25, 0.3) is 0 Å². The van der Waals surface area contributed by atoms with E-state index in [1.54, 1.807) is 7.05 Å². The standard InChI is InChI=1S/C18H21ClN4O4/c1-22-17(27)23(16(26)18(22)7-3-2-4-8-18)10-14(24)21-11-5-6-12(15(20)25)13(19)9-11/h5-6,9H,2-4,7-8,10H2,1H3,(H2,20,25)(H,21,24). The van der Waals surface area contributed by atoms with Gasteiger partial charge in [-0.1, -0.05) is 30.9 Å². The van der Waals surface area contributed by atoms with Crippen molar-refractivity contribution >= 4 is 41.0 Å². The van der Waals surface area contributed by atoms with E-state index in [2.05, 4.69) is 5.32 Å². The third-order valence-corrected chi connectivity index (χ3v) is 5.62. The highest BCUT2D eigenvalue weighted by Crippen LogP contribution is 2.39. The summed E-state index contributed by atoms with van der Waals surface area (Å²) in [5.74, 6) is -1.51. The fourth-order valence-electron chi connectivity index (χ4n) is 3.81. The SMILES string of the molecule is CN1C(=O)N(CC(=O)Nc2ccc(C(N)=O)c(Cl)c2)C(=O)C12CCCCC2. The van der Waals surface area contributed by atoms with E-state index in [0.717, 1.165) is 24.2 Å². The number of nitrogens with one attached hydrogen (secondary N) is 1. The molecule has 1 saturated carbocycles. The average Bonchev–Trinajstić information content (AvgIpc) is 2.78. The third-order valence-electron chi connectivity index (χ3n) is 5.30. The molecule has 5 amide bonds. The number of hydrogen-bond acceptors (Lipinski definition) is 4. The zero-order valence-electron chi connectivity index (χ0n) is 15.0. The molecule has 1 aromatic carbocycles. The molecular weight excluding hydrogens is 372 g/mol. The lowest BCUT2D eigenvalue weighted by atomic mass is 9.81. The second kappa shape index (κ2) is 7.19. The molecule has 0 radical (unpaired) electrons. The van der Waals surface area contributed by atoms with Crippen LogP contribution in [-0.2, 0) is 9.59 Å². The Hall–Kier alpha value is -2.61. The molecule has 1 saturated heterocycles. The van der Waals surface area contributed by atoms with E-state index >= 15 is 0 Å². The number of rotatable bonds is 4. The Labute approximate surface area is 161 Å². The Balaban J connectivity index is 1.71. The van der Waals surface area contributed by atoms with Gasteiger partial charge in [0.05, 0.1) is 10.6 Å². The molecule has 1 aliphatic heterocycles. The van der Waals surface area contributed by atoms with E-state index in [1.165, 1.54) is 23.1 Å². The number of likely N-dealkylation sites (N-methyl/N-ethyl adjacent to an activating group) is 1. The number of carbonyl (C=O) groups is 4. The zero-order chi connectivity index (χ0) is 19.8. The van der Waals surface area contributed by atoms with Crippen molar-refractivity contribution in [2.24, 2.45) is 5.73 Å². The van der Waals surface area contributed by atoms with Crippen LogP contribution in [0, 0.1) is 0 Å². The smallest absolute Gasteiger partial charge is 0.327 e. The van der Waals surface area contributed by atoms with Crippen LogP contribution in [0.5, 0.6) is 0 Å². The first-order valence-electron chi connectivity index (χ1n) is 8.75. The maximum Gasteiger partial charge on any atom is 0.327 e. The van der Waals surface area contributed by atoms with Crippen LogP contribution >= 0.6 is 11.6 Å². The molecule has 1 aromatic rings. The largest absolute Gasteiger partial charge is 0.366 e. The Morgan fingerprint density at radius 3 is 2.48 bits per heavy atom. The molecule has 1 heterocycles. The normalized spacial score (nSPS) is 18.9. The maximum atomic E-state index is 12.9. The summed E-state index contributed by atoms with van der Waals surface area (Å²) in [6.45, 7) is -0.376. The van der Waals surface area contributed by atoms with Gasteiger partial charge in [0.2, 0.25) is 11.8 Å². The van der Waals surface area contributed by atoms with Gasteiger partial charge in [0, 0.05) is 12.7 Å². The Kier molecular flexibility index (Phi) is 5.10. The number of primary amides is 1. The van der Waals surface area contributed by atoms with Crippen molar-refractivity contribution in [2.75, 3.05) is 18.9 Å². The van der Waals surface area contributed by atoms with Gasteiger partial charge in [0.15, 0.2) is 0 Å². The quantitative estimate of drug-likeness (QED) is 0.762. The van der Waals surface area contributed by atoms with Gasteiger partial charge in [-0.05, 0) is 31.0 Å². The molecule has 9 heteroatoms. The number of halogens is 1. The van der Waals surface area contributed by atoms with Crippen LogP contribution in [0.4, 0.5) is 10.5 Å². The number of nitrogens with two attached hydrogens (primary N) is 1. The lowest BCUT2D eigenvalue weighted by molar-refractivity contribution is -0.136. The van der Waals surface area contributed by atoms with Crippen molar-refractivity contribution in [2.45, 2.75) is 37.6 Å². The van der Waals surface area contributed by atoms with Crippen molar-refractivity contribution in [1.82, 2.24) is 9.80 Å². The van der Waals surface area contributed by atoms with Gasteiger partial charge in [0.1, 0.15) is 12.1 Å². The highest BCUT2D eigenvalue weighted by atomic mass is 35.5. The van der Waals surface area contributed by atoms with Crippen LogP contribution in [0.15, 0.2) is 18.2 Å². The summed E-state index contributed by atoms with van der Waals surface area (Å²) in [6, 6.07) is 3.81. The number of anilines is 1. The van der Waals surface area contributed by atoms with Gasteiger partial charge in [-0.2, -0.15) is 0 Å². The van der Waals surface area contributed by atoms with Gasteiger partial charge >= 0.3 is 6.03 Å². The summed E-state index contributed by atoms with van der Waals surface area (Å²) >= 11 is 5.96. The minimum absolute atomic E-state index is 0.106. The molecule has 8 nitrogen and oxygen atoms in total. The molecule has 27 heavy (non-hydrogen) atoms. The van der Waals surface area contributed by atoms with Gasteiger partial charge in [-0.25, -0.2) is 4.79 Å². The third kappa shape index (κ3) is 3.37. The number of nitrogens with zero attached hydrogens (tertiary/aromatic N) is 2. The zero-order valence-corrected chi connectivity index (χ0v) is 15.7. The monoisotopic (exact) mass is 392 g/mol. The van der Waals surface area contributed by atoms with Gasteiger partial charge in [0.25, 0.3) is 5.91 Å². The van der Waals surface area contributed by atoms with Gasteiger partial charge < -0.3 is 16.0 Å². The maximum absolute atomic E-state index is 12.9. The molecule has 0 bridgehead atoms. The van der Waals surface area contributed by atoms with Gasteiger partial charge in [-0.15, -0.1) is 0 Å². The van der Waals surface area contributed by atoms with E-state index < -0.39 is 23.4 Å². The second-order valence-corrected chi connectivity index (χ2v) is 7.34. The van der Waals surface area contributed by atoms with E-state index in [9.17, 15) is 19.2 Å². The first-order valence-corrected chi connectivity index (χ1v) is 9.13. The second-order valence-electron chi connectivity index (χ2n) is 6.93. The van der Waals surface area contributed by atoms with E-state index in [1.807, 2.05) is 0 Å². The topological polar surface area (TPSA) is 113 Å². The molecule has 0 aromatic heterocycles. The Bertz CT molecular complexity index is 820. The van der Waals surface area contributed by atoms with Crippen LogP contribution in [0.1, 0.15) is 42.5 Å². The number of benzene rings is 1. The minimum Gasteiger partial charge on any atom is -0.366 e. The van der Waals surface area contributed by atoms with Crippen molar-refractivity contribution < 1.29 is 19.2 Å². The average molecular weight is 393 g/mol. The van der Waals surface area contributed by atoms with E-state index in [0.29, 0.717) is 18.5 Å². The highest BCUT2D eigenvalue weighted by molar-refractivity contribution is 6.34. The fourth-order valence-corrected chi connectivity index (χ4v) is 4.08. The number of urea groups is 1. The van der Waals surface area contributed by atoms with Crippen LogP contribution in [0.2, 0.25) is 5.02 Å². The molecule has 1 spiro atoms. The van der Waals surface area contributed by atoms with Crippen molar-refractivity contribution in [1.29, 1.82) is 0 Å². The first kappa shape index (κ1) is 19.2. The number of imide groups is 1. The highest BCUT2D eigenvalue weighted by Gasteiger charge is 2.55. The summed E-state index contributed by atoms with van der Waals surface area (Å²) in [4.78, 5) is 51.4. The summed E-state index contributed by atoms with van der Waals surface area (Å²) in [6.07, 6.45) is 4.05. The number of carbonyl (C=O) groups excluding carboxylic acids is 4. The Morgan fingerprint density at radius 1 is 1.22 bits per heavy atom. The summed E-state index contributed by atoms with van der Waals surface area (Å²) in [5, 5.41) is 2.69. The molecular formula is C18H21ClN4O4. The predicted octanol–water partition coefficient (Wildman–Crippen LogP) is 1.97. The summed E-state index contributed by atoms with van der Waals surface area (Å²) in [5.41, 5.74) is 4.85. The Morgan fingerprint density at radius 2 is 1.89 bits per heavy atom. The molecule has 0 atom stereocenters.